The number of benzene rings is 2. The summed E-state index contributed by atoms with van der Waals surface area (Å²) in [6, 6.07) is 12.6. The molecule has 1 saturated heterocycles. The van der Waals surface area contributed by atoms with Gasteiger partial charge in [0.2, 0.25) is 15.9 Å². The number of piperazine rings is 1. The summed E-state index contributed by atoms with van der Waals surface area (Å²) in [6.07, 6.45) is 1.07. The van der Waals surface area contributed by atoms with Crippen molar-refractivity contribution in [2.45, 2.75) is 0 Å². The SMILES string of the molecule is COc1ccc(N2CCN(C(=O)CN(c3ccc(OC)cc3OC)S(C)(=O)=O)CC2)cc1. The van der Waals surface area contributed by atoms with Gasteiger partial charge in [0.15, 0.2) is 0 Å². The molecule has 174 valence electrons. The van der Waals surface area contributed by atoms with Gasteiger partial charge in [0.05, 0.1) is 33.3 Å². The first kappa shape index (κ1) is 23.5. The van der Waals surface area contributed by atoms with Gasteiger partial charge in [-0.1, -0.05) is 0 Å². The van der Waals surface area contributed by atoms with Crippen LogP contribution in [-0.4, -0.2) is 79.5 Å². The van der Waals surface area contributed by atoms with E-state index in [-0.39, 0.29) is 12.5 Å². The molecule has 32 heavy (non-hydrogen) atoms. The van der Waals surface area contributed by atoms with Crippen molar-refractivity contribution in [2.24, 2.45) is 0 Å². The third kappa shape index (κ3) is 5.37. The fourth-order valence-corrected chi connectivity index (χ4v) is 4.46. The van der Waals surface area contributed by atoms with E-state index in [2.05, 4.69) is 4.90 Å². The number of carbonyl (C=O) groups excluding carboxylic acids is 1. The van der Waals surface area contributed by atoms with Crippen LogP contribution in [0.4, 0.5) is 11.4 Å². The molecular weight excluding hydrogens is 434 g/mol. The third-order valence-electron chi connectivity index (χ3n) is 5.40. The zero-order valence-electron chi connectivity index (χ0n) is 18.8. The number of hydrogen-bond donors (Lipinski definition) is 0. The van der Waals surface area contributed by atoms with Crippen LogP contribution in [-0.2, 0) is 14.8 Å². The first-order valence-corrected chi connectivity index (χ1v) is 12.0. The fraction of sp³-hybridized carbons (Fsp3) is 0.409. The van der Waals surface area contributed by atoms with Gasteiger partial charge in [-0.05, 0) is 36.4 Å². The van der Waals surface area contributed by atoms with Gasteiger partial charge in [-0.2, -0.15) is 0 Å². The molecule has 2 aromatic carbocycles. The van der Waals surface area contributed by atoms with Crippen molar-refractivity contribution in [3.8, 4) is 17.2 Å². The molecule has 3 rings (SSSR count). The molecular formula is C22H29N3O6S. The smallest absolute Gasteiger partial charge is 0.243 e. The Hall–Kier alpha value is -3.14. The molecule has 1 aliphatic rings. The standard InChI is InChI=1S/C22H29N3O6S/c1-29-18-7-5-17(6-8-18)23-11-13-24(14-12-23)22(26)16-25(32(4,27)28)20-10-9-19(30-2)15-21(20)31-3/h5-10,15H,11-14,16H2,1-4H3. The Balaban J connectivity index is 1.70. The van der Waals surface area contributed by atoms with Gasteiger partial charge in [0.1, 0.15) is 23.8 Å². The Labute approximate surface area is 189 Å². The summed E-state index contributed by atoms with van der Waals surface area (Å²) in [6.45, 7) is 2.01. The van der Waals surface area contributed by atoms with Crippen molar-refractivity contribution in [1.29, 1.82) is 0 Å². The van der Waals surface area contributed by atoms with Gasteiger partial charge in [0, 0.05) is 37.9 Å². The van der Waals surface area contributed by atoms with Crippen molar-refractivity contribution in [3.05, 3.63) is 42.5 Å². The predicted molar refractivity (Wildman–Crippen MR) is 124 cm³/mol. The zero-order chi connectivity index (χ0) is 23.3. The van der Waals surface area contributed by atoms with E-state index < -0.39 is 10.0 Å². The highest BCUT2D eigenvalue weighted by atomic mass is 32.2. The normalized spacial score (nSPS) is 14.1. The van der Waals surface area contributed by atoms with E-state index in [0.717, 1.165) is 22.0 Å². The molecule has 0 bridgehead atoms. The first-order valence-electron chi connectivity index (χ1n) is 10.1. The largest absolute Gasteiger partial charge is 0.497 e. The maximum atomic E-state index is 13.0. The molecule has 0 aliphatic carbocycles. The van der Waals surface area contributed by atoms with Crippen LogP contribution < -0.4 is 23.4 Å². The molecule has 0 N–H and O–H groups in total. The lowest BCUT2D eigenvalue weighted by Gasteiger charge is -2.37. The number of nitrogens with zero attached hydrogens (tertiary/aromatic N) is 3. The monoisotopic (exact) mass is 463 g/mol. The highest BCUT2D eigenvalue weighted by molar-refractivity contribution is 7.92. The summed E-state index contributed by atoms with van der Waals surface area (Å²) < 4.78 is 41.8. The highest BCUT2D eigenvalue weighted by Crippen LogP contribution is 2.33. The van der Waals surface area contributed by atoms with E-state index in [4.69, 9.17) is 14.2 Å². The van der Waals surface area contributed by atoms with Crippen LogP contribution in [0.1, 0.15) is 0 Å². The summed E-state index contributed by atoms with van der Waals surface area (Å²) in [5.74, 6) is 1.37. The topological polar surface area (TPSA) is 88.6 Å². The lowest BCUT2D eigenvalue weighted by Crippen LogP contribution is -2.52. The minimum atomic E-state index is -3.72. The molecule has 0 unspecified atom stereocenters. The van der Waals surface area contributed by atoms with Crippen LogP contribution in [0.5, 0.6) is 17.2 Å². The maximum absolute atomic E-state index is 13.0. The van der Waals surface area contributed by atoms with Crippen LogP contribution in [0.2, 0.25) is 0 Å². The molecule has 0 atom stereocenters. The molecule has 9 nitrogen and oxygen atoms in total. The van der Waals surface area contributed by atoms with Crippen molar-refractivity contribution < 1.29 is 27.4 Å². The van der Waals surface area contributed by atoms with Crippen LogP contribution >= 0.6 is 0 Å². The molecule has 0 radical (unpaired) electrons. The maximum Gasteiger partial charge on any atom is 0.243 e. The van der Waals surface area contributed by atoms with Crippen molar-refractivity contribution in [1.82, 2.24) is 4.90 Å². The van der Waals surface area contributed by atoms with E-state index in [1.807, 2.05) is 24.3 Å². The summed E-state index contributed by atoms with van der Waals surface area (Å²) in [5.41, 5.74) is 1.35. The van der Waals surface area contributed by atoms with Gasteiger partial charge in [0.25, 0.3) is 0 Å². The summed E-state index contributed by atoms with van der Waals surface area (Å²) in [4.78, 5) is 16.9. The van der Waals surface area contributed by atoms with Crippen molar-refractivity contribution in [3.63, 3.8) is 0 Å². The number of anilines is 2. The molecule has 0 saturated carbocycles. The van der Waals surface area contributed by atoms with Crippen LogP contribution in [0.25, 0.3) is 0 Å². The average molecular weight is 464 g/mol. The number of hydrogen-bond acceptors (Lipinski definition) is 7. The van der Waals surface area contributed by atoms with Crippen molar-refractivity contribution >= 4 is 27.3 Å². The lowest BCUT2D eigenvalue weighted by molar-refractivity contribution is -0.129. The van der Waals surface area contributed by atoms with E-state index in [9.17, 15) is 13.2 Å². The Morgan fingerprint density at radius 1 is 0.906 bits per heavy atom. The number of sulfonamides is 1. The minimum Gasteiger partial charge on any atom is -0.497 e. The van der Waals surface area contributed by atoms with E-state index in [1.54, 1.807) is 30.2 Å². The molecule has 2 aromatic rings. The van der Waals surface area contributed by atoms with Crippen LogP contribution in [0.3, 0.4) is 0 Å². The average Bonchev–Trinajstić information content (AvgIpc) is 2.81. The number of methoxy groups -OCH3 is 3. The quantitative estimate of drug-likeness (QED) is 0.590. The van der Waals surface area contributed by atoms with Crippen LogP contribution in [0.15, 0.2) is 42.5 Å². The van der Waals surface area contributed by atoms with Crippen molar-refractivity contribution in [2.75, 3.05) is 69.5 Å². The van der Waals surface area contributed by atoms with E-state index in [0.29, 0.717) is 43.4 Å². The van der Waals surface area contributed by atoms with E-state index >= 15 is 0 Å². The summed E-state index contributed by atoms with van der Waals surface area (Å²) >= 11 is 0. The molecule has 1 amide bonds. The summed E-state index contributed by atoms with van der Waals surface area (Å²) in [5, 5.41) is 0. The molecule has 1 heterocycles. The highest BCUT2D eigenvalue weighted by Gasteiger charge is 2.28. The Bertz CT molecular complexity index is 1030. The zero-order valence-corrected chi connectivity index (χ0v) is 19.6. The lowest BCUT2D eigenvalue weighted by atomic mass is 10.2. The molecule has 0 spiro atoms. The van der Waals surface area contributed by atoms with Gasteiger partial charge in [-0.25, -0.2) is 8.42 Å². The van der Waals surface area contributed by atoms with Gasteiger partial charge >= 0.3 is 0 Å². The second-order valence-electron chi connectivity index (χ2n) is 7.37. The van der Waals surface area contributed by atoms with Gasteiger partial charge < -0.3 is 24.0 Å². The number of amides is 1. The Kier molecular flexibility index (Phi) is 7.34. The first-order chi connectivity index (χ1) is 15.3. The number of ether oxygens (including phenoxy) is 3. The van der Waals surface area contributed by atoms with Gasteiger partial charge in [-0.15, -0.1) is 0 Å². The predicted octanol–water partition coefficient (Wildman–Crippen LogP) is 1.83. The molecule has 0 aromatic heterocycles. The van der Waals surface area contributed by atoms with E-state index in [1.165, 1.54) is 14.2 Å². The summed E-state index contributed by atoms with van der Waals surface area (Å²) in [7, 11) is 0.859. The Morgan fingerprint density at radius 2 is 1.50 bits per heavy atom. The number of carbonyl (C=O) groups is 1. The van der Waals surface area contributed by atoms with Crippen LogP contribution in [0, 0.1) is 0 Å². The Morgan fingerprint density at radius 3 is 2.03 bits per heavy atom. The minimum absolute atomic E-state index is 0.261. The van der Waals surface area contributed by atoms with Gasteiger partial charge in [-0.3, -0.25) is 9.10 Å². The molecule has 1 aliphatic heterocycles. The second-order valence-corrected chi connectivity index (χ2v) is 9.28. The molecule has 10 heteroatoms. The third-order valence-corrected chi connectivity index (χ3v) is 6.53. The number of rotatable bonds is 8. The molecule has 1 fully saturated rings. The fourth-order valence-electron chi connectivity index (χ4n) is 3.60. The second kappa shape index (κ2) is 9.99.